The molecule has 1 aliphatic carbocycles. The van der Waals surface area contributed by atoms with Gasteiger partial charge in [0.2, 0.25) is 0 Å². The Balaban J connectivity index is 1.44. The number of benzene rings is 2. The fourth-order valence-corrected chi connectivity index (χ4v) is 3.93. The van der Waals surface area contributed by atoms with Crippen LogP contribution in [-0.2, 0) is 19.4 Å². The van der Waals surface area contributed by atoms with Gasteiger partial charge < -0.3 is 0 Å². The van der Waals surface area contributed by atoms with Crippen LogP contribution in [0.25, 0.3) is 10.9 Å². The third-order valence-electron chi connectivity index (χ3n) is 5.33. The van der Waals surface area contributed by atoms with E-state index in [-0.39, 0.29) is 11.5 Å². The fourth-order valence-electron chi connectivity index (χ4n) is 3.93. The minimum atomic E-state index is -0.295. The number of aromatic nitrogens is 2. The second-order valence-corrected chi connectivity index (χ2v) is 6.98. The lowest BCUT2D eigenvalue weighted by molar-refractivity contribution is 0.0955. The predicted octanol–water partition coefficient (Wildman–Crippen LogP) is 2.42. The van der Waals surface area contributed by atoms with Crippen LogP contribution in [0, 0.1) is 0 Å². The van der Waals surface area contributed by atoms with Gasteiger partial charge in [-0.2, -0.15) is 5.10 Å². The molecule has 0 unspecified atom stereocenters. The second kappa shape index (κ2) is 6.16. The minimum Gasteiger partial charge on any atom is -0.296 e. The van der Waals surface area contributed by atoms with Crippen molar-refractivity contribution in [3.8, 4) is 0 Å². The zero-order chi connectivity index (χ0) is 18.4. The third kappa shape index (κ3) is 2.65. The van der Waals surface area contributed by atoms with Gasteiger partial charge in [-0.05, 0) is 43.0 Å². The Kier molecular flexibility index (Phi) is 3.63. The van der Waals surface area contributed by atoms with Crippen molar-refractivity contribution in [2.75, 3.05) is 0 Å². The Hall–Kier alpha value is -3.28. The Labute approximate surface area is 155 Å². The van der Waals surface area contributed by atoms with Gasteiger partial charge in [-0.3, -0.25) is 14.2 Å². The molecule has 1 amide bonds. The van der Waals surface area contributed by atoms with E-state index >= 15 is 0 Å². The molecule has 2 heterocycles. The summed E-state index contributed by atoms with van der Waals surface area (Å²) < 4.78 is 1.73. The van der Waals surface area contributed by atoms with Gasteiger partial charge in [-0.15, -0.1) is 0 Å². The van der Waals surface area contributed by atoms with Gasteiger partial charge in [-0.1, -0.05) is 24.3 Å². The van der Waals surface area contributed by atoms with Crippen molar-refractivity contribution in [2.24, 2.45) is 5.10 Å². The molecule has 0 saturated heterocycles. The molecule has 0 spiro atoms. The molecule has 5 rings (SSSR count). The van der Waals surface area contributed by atoms with E-state index in [9.17, 15) is 9.59 Å². The highest BCUT2D eigenvalue weighted by Crippen LogP contribution is 2.22. The molecule has 1 aliphatic heterocycles. The SMILES string of the molecule is O=C(N/N=C1/CCc2ccccc21)c1ccc2c(=O)n3c(nc2c1)CCC3. The molecular formula is C21H18N4O2. The van der Waals surface area contributed by atoms with E-state index in [4.69, 9.17) is 0 Å². The van der Waals surface area contributed by atoms with Gasteiger partial charge in [0.05, 0.1) is 16.6 Å². The molecule has 6 nitrogen and oxygen atoms in total. The summed E-state index contributed by atoms with van der Waals surface area (Å²) in [5.41, 5.74) is 6.90. The summed E-state index contributed by atoms with van der Waals surface area (Å²) >= 11 is 0. The number of hydrogen-bond donors (Lipinski definition) is 1. The van der Waals surface area contributed by atoms with Crippen LogP contribution < -0.4 is 11.0 Å². The summed E-state index contributed by atoms with van der Waals surface area (Å²) in [6, 6.07) is 13.1. The van der Waals surface area contributed by atoms with Crippen LogP contribution in [-0.4, -0.2) is 21.2 Å². The number of nitrogens with one attached hydrogen (secondary N) is 1. The molecule has 0 fully saturated rings. The number of hydrogen-bond acceptors (Lipinski definition) is 4. The molecule has 0 saturated carbocycles. The summed E-state index contributed by atoms with van der Waals surface area (Å²) in [6.45, 7) is 0.721. The Morgan fingerprint density at radius 2 is 2.00 bits per heavy atom. The first-order chi connectivity index (χ1) is 13.2. The lowest BCUT2D eigenvalue weighted by Crippen LogP contribution is -2.22. The average molecular weight is 358 g/mol. The summed E-state index contributed by atoms with van der Waals surface area (Å²) in [4.78, 5) is 29.6. The summed E-state index contributed by atoms with van der Waals surface area (Å²) in [5.74, 6) is 0.504. The highest BCUT2D eigenvalue weighted by atomic mass is 16.2. The summed E-state index contributed by atoms with van der Waals surface area (Å²) in [5, 5.41) is 4.88. The highest BCUT2D eigenvalue weighted by Gasteiger charge is 2.19. The van der Waals surface area contributed by atoms with E-state index in [2.05, 4.69) is 21.6 Å². The number of fused-ring (bicyclic) bond motifs is 3. The Morgan fingerprint density at radius 1 is 1.11 bits per heavy atom. The van der Waals surface area contributed by atoms with Crippen molar-refractivity contribution in [2.45, 2.75) is 32.2 Å². The van der Waals surface area contributed by atoms with Crippen LogP contribution in [0.5, 0.6) is 0 Å². The number of carbonyl (C=O) groups excluding carboxylic acids is 1. The largest absolute Gasteiger partial charge is 0.296 e. The molecule has 1 N–H and O–H groups in total. The smallest absolute Gasteiger partial charge is 0.271 e. The van der Waals surface area contributed by atoms with Gasteiger partial charge in [0.1, 0.15) is 5.82 Å². The first-order valence-corrected chi connectivity index (χ1v) is 9.19. The number of rotatable bonds is 2. The monoisotopic (exact) mass is 358 g/mol. The van der Waals surface area contributed by atoms with Crippen LogP contribution in [0.2, 0.25) is 0 Å². The topological polar surface area (TPSA) is 76.3 Å². The van der Waals surface area contributed by atoms with Crippen molar-refractivity contribution in [3.63, 3.8) is 0 Å². The van der Waals surface area contributed by atoms with Crippen molar-refractivity contribution in [3.05, 3.63) is 75.3 Å². The lowest BCUT2D eigenvalue weighted by atomic mass is 10.1. The lowest BCUT2D eigenvalue weighted by Gasteiger charge is -2.07. The zero-order valence-electron chi connectivity index (χ0n) is 14.7. The van der Waals surface area contributed by atoms with Crippen LogP contribution in [0.15, 0.2) is 52.4 Å². The van der Waals surface area contributed by atoms with Crippen molar-refractivity contribution >= 4 is 22.5 Å². The molecule has 2 aromatic carbocycles. The van der Waals surface area contributed by atoms with Crippen molar-refractivity contribution < 1.29 is 4.79 Å². The van der Waals surface area contributed by atoms with Crippen molar-refractivity contribution in [1.29, 1.82) is 0 Å². The fraction of sp³-hybridized carbons (Fsp3) is 0.238. The Morgan fingerprint density at radius 3 is 2.93 bits per heavy atom. The van der Waals surface area contributed by atoms with Crippen molar-refractivity contribution in [1.82, 2.24) is 15.0 Å². The summed E-state index contributed by atoms with van der Waals surface area (Å²) in [7, 11) is 0. The normalized spacial score (nSPS) is 16.5. The second-order valence-electron chi connectivity index (χ2n) is 6.98. The van der Waals surface area contributed by atoms with Crippen LogP contribution in [0.3, 0.4) is 0 Å². The van der Waals surface area contributed by atoms with E-state index in [0.717, 1.165) is 49.3 Å². The average Bonchev–Trinajstić information content (AvgIpc) is 3.33. The van der Waals surface area contributed by atoms with E-state index in [0.29, 0.717) is 16.5 Å². The molecule has 2 aliphatic rings. The number of hydrazone groups is 1. The van der Waals surface area contributed by atoms with Gasteiger partial charge in [0.15, 0.2) is 0 Å². The van der Waals surface area contributed by atoms with Gasteiger partial charge in [0.25, 0.3) is 11.5 Å². The first-order valence-electron chi connectivity index (χ1n) is 9.19. The quantitative estimate of drug-likeness (QED) is 0.715. The first kappa shape index (κ1) is 15.9. The van der Waals surface area contributed by atoms with Gasteiger partial charge in [0, 0.05) is 24.1 Å². The van der Waals surface area contributed by atoms with Gasteiger partial charge >= 0.3 is 0 Å². The van der Waals surface area contributed by atoms with Gasteiger partial charge in [-0.25, -0.2) is 10.4 Å². The third-order valence-corrected chi connectivity index (χ3v) is 5.33. The van der Waals surface area contributed by atoms with Crippen LogP contribution in [0.1, 0.15) is 40.2 Å². The molecule has 1 aromatic heterocycles. The molecular weight excluding hydrogens is 340 g/mol. The number of aryl methyl sites for hydroxylation is 2. The standard InChI is InChI=1S/C21H18N4O2/c26-20(24-23-17-10-8-13-4-1-2-5-15(13)17)14-7-9-16-18(12-14)22-19-6-3-11-25(19)21(16)27/h1-2,4-5,7,9,12H,3,6,8,10-11H2,(H,24,26)/b23-17-. The van der Waals surface area contributed by atoms with Crippen LogP contribution >= 0.6 is 0 Å². The number of amides is 1. The van der Waals surface area contributed by atoms with E-state index in [1.807, 2.05) is 18.2 Å². The molecule has 3 aromatic rings. The maximum Gasteiger partial charge on any atom is 0.271 e. The number of nitrogens with zero attached hydrogens (tertiary/aromatic N) is 3. The maximum atomic E-state index is 12.5. The molecule has 0 bridgehead atoms. The predicted molar refractivity (Wildman–Crippen MR) is 103 cm³/mol. The summed E-state index contributed by atoms with van der Waals surface area (Å²) in [6.07, 6.45) is 3.50. The minimum absolute atomic E-state index is 0.0257. The van der Waals surface area contributed by atoms with E-state index in [1.165, 1.54) is 5.56 Å². The number of carbonyl (C=O) groups is 1. The highest BCUT2D eigenvalue weighted by molar-refractivity contribution is 6.05. The Bertz CT molecular complexity index is 1180. The molecule has 0 radical (unpaired) electrons. The molecule has 0 atom stereocenters. The molecule has 27 heavy (non-hydrogen) atoms. The van der Waals surface area contributed by atoms with E-state index in [1.54, 1.807) is 22.8 Å². The molecule has 134 valence electrons. The zero-order valence-corrected chi connectivity index (χ0v) is 14.7. The maximum absolute atomic E-state index is 12.5. The van der Waals surface area contributed by atoms with Crippen LogP contribution in [0.4, 0.5) is 0 Å². The molecule has 6 heteroatoms. The van der Waals surface area contributed by atoms with E-state index < -0.39 is 0 Å².